The Labute approximate surface area is 74.5 Å². The van der Waals surface area contributed by atoms with Gasteiger partial charge in [0.1, 0.15) is 0 Å². The van der Waals surface area contributed by atoms with Gasteiger partial charge in [-0.25, -0.2) is 0 Å². The maximum atomic E-state index is 9.66. The van der Waals surface area contributed by atoms with Crippen molar-refractivity contribution in [2.75, 3.05) is 0 Å². The van der Waals surface area contributed by atoms with Crippen LogP contribution in [0.15, 0.2) is 12.2 Å². The summed E-state index contributed by atoms with van der Waals surface area (Å²) in [5, 5.41) is 9.66. The SMILES string of the molecule is C[C@H](O)C1(C2C=CCCC2)CC1. The summed E-state index contributed by atoms with van der Waals surface area (Å²) in [6.45, 7) is 1.95. The first-order valence-corrected chi connectivity index (χ1v) is 5.10. The van der Waals surface area contributed by atoms with Crippen LogP contribution in [0.4, 0.5) is 0 Å². The van der Waals surface area contributed by atoms with E-state index in [4.69, 9.17) is 0 Å². The van der Waals surface area contributed by atoms with E-state index in [1.165, 1.54) is 32.1 Å². The van der Waals surface area contributed by atoms with Gasteiger partial charge < -0.3 is 5.11 Å². The Morgan fingerprint density at radius 3 is 2.67 bits per heavy atom. The Balaban J connectivity index is 2.07. The summed E-state index contributed by atoms with van der Waals surface area (Å²) in [6.07, 6.45) is 10.8. The zero-order chi connectivity index (χ0) is 8.60. The highest BCUT2D eigenvalue weighted by Gasteiger charge is 2.51. The van der Waals surface area contributed by atoms with Gasteiger partial charge in [0.15, 0.2) is 0 Å². The summed E-state index contributed by atoms with van der Waals surface area (Å²) in [6, 6.07) is 0. The molecule has 0 spiro atoms. The standard InChI is InChI=1S/C11H18O/c1-9(12)11(7-8-11)10-5-3-2-4-6-10/h3,5,9-10,12H,2,4,6-8H2,1H3/t9-,10?/m0/s1. The molecule has 0 aromatic carbocycles. The van der Waals surface area contributed by atoms with Crippen LogP contribution < -0.4 is 0 Å². The third kappa shape index (κ3) is 1.20. The third-order valence-corrected chi connectivity index (χ3v) is 3.65. The van der Waals surface area contributed by atoms with Crippen LogP contribution in [-0.2, 0) is 0 Å². The molecule has 1 nitrogen and oxygen atoms in total. The molecule has 12 heavy (non-hydrogen) atoms. The monoisotopic (exact) mass is 166 g/mol. The first kappa shape index (κ1) is 8.31. The normalized spacial score (nSPS) is 34.7. The van der Waals surface area contributed by atoms with Crippen LogP contribution >= 0.6 is 0 Å². The van der Waals surface area contributed by atoms with E-state index < -0.39 is 0 Å². The van der Waals surface area contributed by atoms with Gasteiger partial charge in [-0.2, -0.15) is 0 Å². The molecule has 0 amide bonds. The van der Waals surface area contributed by atoms with Crippen molar-refractivity contribution in [2.24, 2.45) is 11.3 Å². The number of allylic oxidation sites excluding steroid dienone is 2. The van der Waals surface area contributed by atoms with E-state index in [1.54, 1.807) is 0 Å². The lowest BCUT2D eigenvalue weighted by atomic mass is 9.79. The van der Waals surface area contributed by atoms with Crippen LogP contribution in [0.3, 0.4) is 0 Å². The van der Waals surface area contributed by atoms with Crippen LogP contribution in [0.1, 0.15) is 39.0 Å². The molecule has 1 N–H and O–H groups in total. The molecule has 2 rings (SSSR count). The fraction of sp³-hybridized carbons (Fsp3) is 0.818. The van der Waals surface area contributed by atoms with Crippen molar-refractivity contribution >= 4 is 0 Å². The average molecular weight is 166 g/mol. The molecule has 0 aliphatic heterocycles. The van der Waals surface area contributed by atoms with Gasteiger partial charge in [0.05, 0.1) is 6.10 Å². The third-order valence-electron chi connectivity index (χ3n) is 3.65. The molecule has 1 heteroatoms. The quantitative estimate of drug-likeness (QED) is 0.625. The van der Waals surface area contributed by atoms with E-state index in [0.29, 0.717) is 5.92 Å². The van der Waals surface area contributed by atoms with E-state index in [2.05, 4.69) is 12.2 Å². The van der Waals surface area contributed by atoms with Crippen molar-refractivity contribution in [3.05, 3.63) is 12.2 Å². The average Bonchev–Trinajstić information content (AvgIpc) is 2.86. The van der Waals surface area contributed by atoms with Crippen LogP contribution in [-0.4, -0.2) is 11.2 Å². The van der Waals surface area contributed by atoms with E-state index in [9.17, 15) is 5.11 Å². The lowest BCUT2D eigenvalue weighted by molar-refractivity contribution is 0.0785. The van der Waals surface area contributed by atoms with Crippen molar-refractivity contribution in [1.82, 2.24) is 0 Å². The van der Waals surface area contributed by atoms with Gasteiger partial charge >= 0.3 is 0 Å². The number of aliphatic hydroxyl groups excluding tert-OH is 1. The molecular weight excluding hydrogens is 148 g/mol. The van der Waals surface area contributed by atoms with Crippen LogP contribution in [0.2, 0.25) is 0 Å². The topological polar surface area (TPSA) is 20.2 Å². The van der Waals surface area contributed by atoms with Crippen molar-refractivity contribution in [3.8, 4) is 0 Å². The highest BCUT2D eigenvalue weighted by atomic mass is 16.3. The molecule has 2 aliphatic carbocycles. The molecule has 0 bridgehead atoms. The van der Waals surface area contributed by atoms with Gasteiger partial charge in [-0.15, -0.1) is 0 Å². The second-order valence-electron chi connectivity index (χ2n) is 4.37. The van der Waals surface area contributed by atoms with Gasteiger partial charge in [0, 0.05) is 5.41 Å². The fourth-order valence-corrected chi connectivity index (χ4v) is 2.53. The van der Waals surface area contributed by atoms with Gasteiger partial charge in [-0.05, 0) is 44.9 Å². The van der Waals surface area contributed by atoms with Gasteiger partial charge in [0.25, 0.3) is 0 Å². The Kier molecular flexibility index (Phi) is 1.99. The highest BCUT2D eigenvalue weighted by Crippen LogP contribution is 2.57. The minimum atomic E-state index is -0.106. The van der Waals surface area contributed by atoms with Gasteiger partial charge in [0.2, 0.25) is 0 Å². The summed E-state index contributed by atoms with van der Waals surface area (Å²) < 4.78 is 0. The largest absolute Gasteiger partial charge is 0.393 e. The molecule has 0 aromatic rings. The molecule has 1 saturated carbocycles. The maximum absolute atomic E-state index is 9.66. The van der Waals surface area contributed by atoms with Gasteiger partial charge in [-0.3, -0.25) is 0 Å². The summed E-state index contributed by atoms with van der Waals surface area (Å²) >= 11 is 0. The molecule has 2 atom stereocenters. The summed E-state index contributed by atoms with van der Waals surface area (Å²) in [5.74, 6) is 0.672. The van der Waals surface area contributed by atoms with E-state index in [0.717, 1.165) is 0 Å². The predicted molar refractivity (Wildman–Crippen MR) is 49.8 cm³/mol. The van der Waals surface area contributed by atoms with E-state index in [-0.39, 0.29) is 11.5 Å². The summed E-state index contributed by atoms with van der Waals surface area (Å²) in [4.78, 5) is 0. The molecule has 0 radical (unpaired) electrons. The molecule has 0 saturated heterocycles. The van der Waals surface area contributed by atoms with Crippen molar-refractivity contribution in [3.63, 3.8) is 0 Å². The Morgan fingerprint density at radius 1 is 1.50 bits per heavy atom. The predicted octanol–water partition coefficient (Wildman–Crippen LogP) is 2.50. The lowest BCUT2D eigenvalue weighted by Gasteiger charge is -2.28. The second kappa shape index (κ2) is 2.88. The van der Waals surface area contributed by atoms with Crippen LogP contribution in [0, 0.1) is 11.3 Å². The zero-order valence-electron chi connectivity index (χ0n) is 7.79. The first-order chi connectivity index (χ1) is 5.76. The number of hydrogen-bond acceptors (Lipinski definition) is 1. The van der Waals surface area contributed by atoms with Crippen molar-refractivity contribution in [1.29, 1.82) is 0 Å². The van der Waals surface area contributed by atoms with E-state index >= 15 is 0 Å². The zero-order valence-corrected chi connectivity index (χ0v) is 7.79. The second-order valence-corrected chi connectivity index (χ2v) is 4.37. The number of rotatable bonds is 2. The lowest BCUT2D eigenvalue weighted by Crippen LogP contribution is -2.27. The van der Waals surface area contributed by atoms with Crippen molar-refractivity contribution < 1.29 is 5.11 Å². The number of aliphatic hydroxyl groups is 1. The molecule has 0 aromatic heterocycles. The maximum Gasteiger partial charge on any atom is 0.0573 e. The summed E-state index contributed by atoms with van der Waals surface area (Å²) in [7, 11) is 0. The van der Waals surface area contributed by atoms with Crippen LogP contribution in [0.5, 0.6) is 0 Å². The highest BCUT2D eigenvalue weighted by molar-refractivity contribution is 5.10. The smallest absolute Gasteiger partial charge is 0.0573 e. The van der Waals surface area contributed by atoms with Crippen LogP contribution in [0.25, 0.3) is 0 Å². The van der Waals surface area contributed by atoms with E-state index in [1.807, 2.05) is 6.92 Å². The van der Waals surface area contributed by atoms with Gasteiger partial charge in [-0.1, -0.05) is 12.2 Å². The number of hydrogen-bond donors (Lipinski definition) is 1. The van der Waals surface area contributed by atoms with Crippen molar-refractivity contribution in [2.45, 2.75) is 45.1 Å². The minimum absolute atomic E-state index is 0.106. The summed E-state index contributed by atoms with van der Waals surface area (Å²) in [5.41, 5.74) is 0.289. The molecule has 0 heterocycles. The Hall–Kier alpha value is -0.300. The molecule has 1 unspecified atom stereocenters. The Bertz CT molecular complexity index is 189. The molecule has 1 fully saturated rings. The molecular formula is C11H18O. The fourth-order valence-electron chi connectivity index (χ4n) is 2.53. The molecule has 2 aliphatic rings. The molecule has 68 valence electrons. The Morgan fingerprint density at radius 2 is 2.25 bits per heavy atom. The minimum Gasteiger partial charge on any atom is -0.393 e. The first-order valence-electron chi connectivity index (χ1n) is 5.10.